The number of nitrogens with zero attached hydrogens (tertiary/aromatic N) is 4. The summed E-state index contributed by atoms with van der Waals surface area (Å²) in [5.41, 5.74) is 1.76. The standard InChI is InChI=1S/C17H18N4O/c1-3-21(4-2)15-11-10-14(12-18-15)17-19-16(20-22-17)13-8-6-5-7-9-13/h5-12H,3-4H2,1-2H3. The first kappa shape index (κ1) is 14.3. The molecule has 22 heavy (non-hydrogen) atoms. The monoisotopic (exact) mass is 294 g/mol. The van der Waals surface area contributed by atoms with Gasteiger partial charge in [-0.25, -0.2) is 4.98 Å². The first-order valence-corrected chi connectivity index (χ1v) is 7.42. The molecule has 1 aromatic carbocycles. The zero-order chi connectivity index (χ0) is 15.4. The van der Waals surface area contributed by atoms with Crippen LogP contribution >= 0.6 is 0 Å². The molecule has 5 heteroatoms. The van der Waals surface area contributed by atoms with Gasteiger partial charge in [-0.1, -0.05) is 35.5 Å². The summed E-state index contributed by atoms with van der Waals surface area (Å²) in [6.07, 6.45) is 1.77. The summed E-state index contributed by atoms with van der Waals surface area (Å²) in [4.78, 5) is 11.1. The van der Waals surface area contributed by atoms with Gasteiger partial charge in [-0.15, -0.1) is 0 Å². The van der Waals surface area contributed by atoms with Crippen LogP contribution in [0.3, 0.4) is 0 Å². The van der Waals surface area contributed by atoms with Gasteiger partial charge in [0.05, 0.1) is 5.56 Å². The van der Waals surface area contributed by atoms with Gasteiger partial charge in [-0.05, 0) is 26.0 Å². The van der Waals surface area contributed by atoms with Gasteiger partial charge in [0, 0.05) is 24.8 Å². The van der Waals surface area contributed by atoms with Crippen molar-refractivity contribution in [2.75, 3.05) is 18.0 Å². The molecule has 0 atom stereocenters. The fourth-order valence-corrected chi connectivity index (χ4v) is 2.29. The van der Waals surface area contributed by atoms with E-state index in [0.717, 1.165) is 30.0 Å². The maximum atomic E-state index is 5.34. The third kappa shape index (κ3) is 2.83. The topological polar surface area (TPSA) is 55.1 Å². The van der Waals surface area contributed by atoms with Gasteiger partial charge in [-0.2, -0.15) is 4.98 Å². The van der Waals surface area contributed by atoms with Crippen LogP contribution in [0.2, 0.25) is 0 Å². The highest BCUT2D eigenvalue weighted by atomic mass is 16.5. The van der Waals surface area contributed by atoms with Crippen LogP contribution in [0.25, 0.3) is 22.8 Å². The highest BCUT2D eigenvalue weighted by Gasteiger charge is 2.11. The predicted molar refractivity (Wildman–Crippen MR) is 86.5 cm³/mol. The molecule has 0 radical (unpaired) electrons. The van der Waals surface area contributed by atoms with E-state index in [2.05, 4.69) is 33.9 Å². The Hall–Kier alpha value is -2.69. The average molecular weight is 294 g/mol. The van der Waals surface area contributed by atoms with Crippen LogP contribution in [0, 0.1) is 0 Å². The van der Waals surface area contributed by atoms with Crippen LogP contribution < -0.4 is 4.90 Å². The van der Waals surface area contributed by atoms with E-state index in [0.29, 0.717) is 11.7 Å². The normalized spacial score (nSPS) is 10.6. The zero-order valence-electron chi connectivity index (χ0n) is 12.7. The maximum Gasteiger partial charge on any atom is 0.259 e. The van der Waals surface area contributed by atoms with Gasteiger partial charge in [0.2, 0.25) is 5.82 Å². The van der Waals surface area contributed by atoms with Crippen molar-refractivity contribution >= 4 is 5.82 Å². The fourth-order valence-electron chi connectivity index (χ4n) is 2.29. The van der Waals surface area contributed by atoms with Crippen molar-refractivity contribution in [3.8, 4) is 22.8 Å². The highest BCUT2D eigenvalue weighted by Crippen LogP contribution is 2.22. The van der Waals surface area contributed by atoms with Crippen molar-refractivity contribution in [2.24, 2.45) is 0 Å². The number of benzene rings is 1. The predicted octanol–water partition coefficient (Wildman–Crippen LogP) is 3.64. The molecular weight excluding hydrogens is 276 g/mol. The molecule has 5 nitrogen and oxygen atoms in total. The number of hydrogen-bond donors (Lipinski definition) is 0. The Morgan fingerprint density at radius 3 is 2.36 bits per heavy atom. The summed E-state index contributed by atoms with van der Waals surface area (Å²) in [5, 5.41) is 4.03. The lowest BCUT2D eigenvalue weighted by molar-refractivity contribution is 0.432. The second-order valence-electron chi connectivity index (χ2n) is 4.87. The van der Waals surface area contributed by atoms with Crippen molar-refractivity contribution in [2.45, 2.75) is 13.8 Å². The van der Waals surface area contributed by atoms with E-state index in [1.165, 1.54) is 0 Å². The average Bonchev–Trinajstić information content (AvgIpc) is 3.07. The second-order valence-corrected chi connectivity index (χ2v) is 4.87. The summed E-state index contributed by atoms with van der Waals surface area (Å²) in [5.74, 6) is 2.03. The summed E-state index contributed by atoms with van der Waals surface area (Å²) in [6.45, 7) is 6.09. The largest absolute Gasteiger partial charge is 0.357 e. The van der Waals surface area contributed by atoms with Crippen molar-refractivity contribution in [1.29, 1.82) is 0 Å². The van der Waals surface area contributed by atoms with E-state index in [1.807, 2.05) is 42.5 Å². The number of anilines is 1. The maximum absolute atomic E-state index is 5.34. The zero-order valence-corrected chi connectivity index (χ0v) is 12.7. The van der Waals surface area contributed by atoms with Gasteiger partial charge in [0.25, 0.3) is 5.89 Å². The molecule has 0 unspecified atom stereocenters. The fraction of sp³-hybridized carbons (Fsp3) is 0.235. The summed E-state index contributed by atoms with van der Waals surface area (Å²) >= 11 is 0. The minimum absolute atomic E-state index is 0.484. The van der Waals surface area contributed by atoms with Crippen LogP contribution in [-0.2, 0) is 0 Å². The Morgan fingerprint density at radius 2 is 1.73 bits per heavy atom. The SMILES string of the molecule is CCN(CC)c1ccc(-c2nc(-c3ccccc3)no2)cn1. The molecule has 0 fully saturated rings. The molecular formula is C17H18N4O. The van der Waals surface area contributed by atoms with Crippen LogP contribution in [0.15, 0.2) is 53.2 Å². The molecule has 0 amide bonds. The number of aromatic nitrogens is 3. The number of rotatable bonds is 5. The van der Waals surface area contributed by atoms with E-state index < -0.39 is 0 Å². The van der Waals surface area contributed by atoms with Gasteiger partial charge >= 0.3 is 0 Å². The summed E-state index contributed by atoms with van der Waals surface area (Å²) in [7, 11) is 0. The van der Waals surface area contributed by atoms with E-state index in [9.17, 15) is 0 Å². The smallest absolute Gasteiger partial charge is 0.259 e. The van der Waals surface area contributed by atoms with Crippen molar-refractivity contribution in [3.05, 3.63) is 48.7 Å². The van der Waals surface area contributed by atoms with Crippen LogP contribution in [0.4, 0.5) is 5.82 Å². The van der Waals surface area contributed by atoms with E-state index in [1.54, 1.807) is 6.20 Å². The Morgan fingerprint density at radius 1 is 0.955 bits per heavy atom. The Labute approximate surface area is 129 Å². The molecule has 0 aliphatic heterocycles. The quantitative estimate of drug-likeness (QED) is 0.719. The molecule has 0 aliphatic carbocycles. The van der Waals surface area contributed by atoms with Gasteiger partial charge in [-0.3, -0.25) is 0 Å². The van der Waals surface area contributed by atoms with E-state index in [-0.39, 0.29) is 0 Å². The Kier molecular flexibility index (Phi) is 4.14. The third-order valence-corrected chi connectivity index (χ3v) is 3.54. The lowest BCUT2D eigenvalue weighted by Crippen LogP contribution is -2.22. The summed E-state index contributed by atoms with van der Waals surface area (Å²) < 4.78 is 5.34. The Bertz CT molecular complexity index is 718. The number of pyridine rings is 1. The second kappa shape index (κ2) is 6.39. The highest BCUT2D eigenvalue weighted by molar-refractivity contribution is 5.60. The van der Waals surface area contributed by atoms with Crippen molar-refractivity contribution in [1.82, 2.24) is 15.1 Å². The van der Waals surface area contributed by atoms with E-state index in [4.69, 9.17) is 4.52 Å². The molecule has 0 saturated heterocycles. The molecule has 0 spiro atoms. The minimum Gasteiger partial charge on any atom is -0.357 e. The molecule has 2 heterocycles. The molecule has 0 bridgehead atoms. The molecule has 2 aromatic heterocycles. The summed E-state index contributed by atoms with van der Waals surface area (Å²) in [6, 6.07) is 13.7. The first-order chi connectivity index (χ1) is 10.8. The van der Waals surface area contributed by atoms with Crippen LogP contribution in [0.1, 0.15) is 13.8 Å². The first-order valence-electron chi connectivity index (χ1n) is 7.42. The molecule has 3 rings (SSSR count). The van der Waals surface area contributed by atoms with Gasteiger partial charge in [0.15, 0.2) is 0 Å². The van der Waals surface area contributed by atoms with Gasteiger partial charge in [0.1, 0.15) is 5.82 Å². The van der Waals surface area contributed by atoms with Gasteiger partial charge < -0.3 is 9.42 Å². The molecule has 0 N–H and O–H groups in total. The lowest BCUT2D eigenvalue weighted by atomic mass is 10.2. The van der Waals surface area contributed by atoms with E-state index >= 15 is 0 Å². The van der Waals surface area contributed by atoms with Crippen molar-refractivity contribution in [3.63, 3.8) is 0 Å². The number of hydrogen-bond acceptors (Lipinski definition) is 5. The molecule has 112 valence electrons. The van der Waals surface area contributed by atoms with Crippen molar-refractivity contribution < 1.29 is 4.52 Å². The minimum atomic E-state index is 0.484. The molecule has 0 aliphatic rings. The lowest BCUT2D eigenvalue weighted by Gasteiger charge is -2.19. The van der Waals surface area contributed by atoms with Crippen LogP contribution in [-0.4, -0.2) is 28.2 Å². The van der Waals surface area contributed by atoms with Crippen LogP contribution in [0.5, 0.6) is 0 Å². The molecule has 0 saturated carbocycles. The third-order valence-electron chi connectivity index (χ3n) is 3.54. The molecule has 3 aromatic rings. The Balaban J connectivity index is 1.85.